The van der Waals surface area contributed by atoms with Gasteiger partial charge in [0, 0.05) is 17.7 Å². The molecule has 0 atom stereocenters. The van der Waals surface area contributed by atoms with E-state index in [-0.39, 0.29) is 0 Å². The van der Waals surface area contributed by atoms with Crippen molar-refractivity contribution in [1.82, 2.24) is 9.97 Å². The minimum Gasteiger partial charge on any atom is -0.241 e. The summed E-state index contributed by atoms with van der Waals surface area (Å²) in [5, 5.41) is 0.591. The Bertz CT molecular complexity index is 295. The van der Waals surface area contributed by atoms with Crippen LogP contribution in [0.2, 0.25) is 5.15 Å². The van der Waals surface area contributed by atoms with Crippen molar-refractivity contribution in [2.24, 2.45) is 0 Å². The van der Waals surface area contributed by atoms with Crippen molar-refractivity contribution in [3.05, 3.63) is 22.7 Å². The highest BCUT2D eigenvalue weighted by Crippen LogP contribution is 2.22. The van der Waals surface area contributed by atoms with Gasteiger partial charge in [0.25, 0.3) is 0 Å². The molecule has 3 heteroatoms. The molecule has 2 nitrogen and oxygen atoms in total. The fraction of sp³-hybridized carbons (Fsp3) is 0.600. The summed E-state index contributed by atoms with van der Waals surface area (Å²) >= 11 is 6.02. The van der Waals surface area contributed by atoms with E-state index >= 15 is 0 Å². The van der Waals surface area contributed by atoms with E-state index < -0.39 is 0 Å². The summed E-state index contributed by atoms with van der Waals surface area (Å²) in [6.45, 7) is 8.28. The Morgan fingerprint density at radius 2 is 1.77 bits per heavy atom. The topological polar surface area (TPSA) is 25.8 Å². The Hall–Kier alpha value is -0.630. The molecular formula is C10H15ClN2. The van der Waals surface area contributed by atoms with Crippen LogP contribution in [-0.4, -0.2) is 9.97 Å². The Labute approximate surface area is 84.4 Å². The first-order chi connectivity index (χ1) is 6.02. The molecule has 0 saturated carbocycles. The van der Waals surface area contributed by atoms with Gasteiger partial charge in [-0.15, -0.1) is 0 Å². The molecule has 0 amide bonds. The third kappa shape index (κ3) is 2.41. The summed E-state index contributed by atoms with van der Waals surface area (Å²) in [5.74, 6) is 1.53. The summed E-state index contributed by atoms with van der Waals surface area (Å²) in [6, 6.07) is 0. The highest BCUT2D eigenvalue weighted by Gasteiger charge is 2.09. The van der Waals surface area contributed by atoms with Crippen molar-refractivity contribution >= 4 is 11.6 Å². The van der Waals surface area contributed by atoms with Crippen molar-refractivity contribution in [2.75, 3.05) is 0 Å². The number of rotatable bonds is 2. The van der Waals surface area contributed by atoms with E-state index in [4.69, 9.17) is 11.6 Å². The lowest BCUT2D eigenvalue weighted by Gasteiger charge is -2.09. The fourth-order valence-electron chi connectivity index (χ4n) is 1.05. The average molecular weight is 199 g/mol. The molecule has 0 radical (unpaired) electrons. The Morgan fingerprint density at radius 3 is 2.15 bits per heavy atom. The molecule has 72 valence electrons. The van der Waals surface area contributed by atoms with E-state index in [9.17, 15) is 0 Å². The van der Waals surface area contributed by atoms with Crippen molar-refractivity contribution in [1.29, 1.82) is 0 Å². The summed E-state index contributed by atoms with van der Waals surface area (Å²) in [7, 11) is 0. The van der Waals surface area contributed by atoms with Gasteiger partial charge in [0.15, 0.2) is 0 Å². The molecule has 0 N–H and O–H groups in total. The quantitative estimate of drug-likeness (QED) is 0.681. The molecule has 0 fully saturated rings. The number of hydrogen-bond donors (Lipinski definition) is 0. The van der Waals surface area contributed by atoms with Gasteiger partial charge in [0.1, 0.15) is 11.0 Å². The van der Waals surface area contributed by atoms with Gasteiger partial charge in [-0.3, -0.25) is 0 Å². The number of halogens is 1. The lowest BCUT2D eigenvalue weighted by atomic mass is 10.1. The molecule has 0 unspecified atom stereocenters. The minimum absolute atomic E-state index is 0.332. The van der Waals surface area contributed by atoms with Crippen LogP contribution in [0, 0.1) is 0 Å². The van der Waals surface area contributed by atoms with Gasteiger partial charge in [-0.25, -0.2) is 9.97 Å². The maximum atomic E-state index is 6.02. The second-order valence-electron chi connectivity index (χ2n) is 3.78. The van der Waals surface area contributed by atoms with Gasteiger partial charge >= 0.3 is 0 Å². The molecule has 1 aromatic rings. The third-order valence-corrected chi connectivity index (χ3v) is 2.23. The van der Waals surface area contributed by atoms with E-state index in [1.54, 1.807) is 0 Å². The molecule has 0 bridgehead atoms. The zero-order valence-corrected chi connectivity index (χ0v) is 9.26. The second-order valence-corrected chi connectivity index (χ2v) is 4.14. The van der Waals surface area contributed by atoms with E-state index in [1.165, 1.54) is 0 Å². The zero-order chi connectivity index (χ0) is 10.0. The molecule has 13 heavy (non-hydrogen) atoms. The third-order valence-electron chi connectivity index (χ3n) is 1.93. The number of hydrogen-bond acceptors (Lipinski definition) is 2. The molecule has 1 rings (SSSR count). The molecule has 0 aliphatic heterocycles. The average Bonchev–Trinajstić information content (AvgIpc) is 2.03. The monoisotopic (exact) mass is 198 g/mol. The molecular weight excluding hydrogens is 184 g/mol. The largest absolute Gasteiger partial charge is 0.241 e. The van der Waals surface area contributed by atoms with Crippen molar-refractivity contribution < 1.29 is 0 Å². The van der Waals surface area contributed by atoms with E-state index in [0.717, 1.165) is 11.4 Å². The zero-order valence-electron chi connectivity index (χ0n) is 8.50. The Morgan fingerprint density at radius 1 is 1.15 bits per heavy atom. The first kappa shape index (κ1) is 10.5. The lowest BCUT2D eigenvalue weighted by molar-refractivity contribution is 0.754. The van der Waals surface area contributed by atoms with Crippen LogP contribution in [0.5, 0.6) is 0 Å². The standard InChI is InChI=1S/C10H15ClN2/c1-6(2)8-5-12-10(7(3)4)13-9(8)11/h5-7H,1-4H3. The molecule has 0 aliphatic rings. The van der Waals surface area contributed by atoms with Gasteiger partial charge < -0.3 is 0 Å². The van der Waals surface area contributed by atoms with Crippen LogP contribution < -0.4 is 0 Å². The Balaban J connectivity index is 3.06. The lowest BCUT2D eigenvalue weighted by Crippen LogP contribution is -2.01. The van der Waals surface area contributed by atoms with Gasteiger partial charge in [-0.1, -0.05) is 39.3 Å². The number of aromatic nitrogens is 2. The van der Waals surface area contributed by atoms with Gasteiger partial charge in [-0.05, 0) is 5.92 Å². The normalized spacial score (nSPS) is 11.3. The van der Waals surface area contributed by atoms with Gasteiger partial charge in [-0.2, -0.15) is 0 Å². The molecule has 1 heterocycles. The van der Waals surface area contributed by atoms with Crippen LogP contribution in [-0.2, 0) is 0 Å². The summed E-state index contributed by atoms with van der Waals surface area (Å²) in [6.07, 6.45) is 1.83. The molecule has 1 aromatic heterocycles. The van der Waals surface area contributed by atoms with Crippen LogP contribution in [0.1, 0.15) is 50.9 Å². The predicted molar refractivity (Wildman–Crippen MR) is 55.2 cm³/mol. The maximum absolute atomic E-state index is 6.02. The Kier molecular flexibility index (Phi) is 3.26. The van der Waals surface area contributed by atoms with Crippen LogP contribution in [0.4, 0.5) is 0 Å². The van der Waals surface area contributed by atoms with Crippen molar-refractivity contribution in [2.45, 2.75) is 39.5 Å². The van der Waals surface area contributed by atoms with Gasteiger partial charge in [0.05, 0.1) is 0 Å². The highest BCUT2D eigenvalue weighted by molar-refractivity contribution is 6.30. The van der Waals surface area contributed by atoms with Crippen LogP contribution in [0.25, 0.3) is 0 Å². The first-order valence-corrected chi connectivity index (χ1v) is 4.92. The number of nitrogens with zero attached hydrogens (tertiary/aromatic N) is 2. The van der Waals surface area contributed by atoms with Crippen molar-refractivity contribution in [3.8, 4) is 0 Å². The SMILES string of the molecule is CC(C)c1ncc(C(C)C)c(Cl)n1. The molecule has 0 aromatic carbocycles. The van der Waals surface area contributed by atoms with Crippen molar-refractivity contribution in [3.63, 3.8) is 0 Å². The summed E-state index contributed by atoms with van der Waals surface area (Å²) in [5.41, 5.74) is 1.02. The smallest absolute Gasteiger partial charge is 0.136 e. The van der Waals surface area contributed by atoms with Crippen LogP contribution >= 0.6 is 11.6 Å². The predicted octanol–water partition coefficient (Wildman–Crippen LogP) is 3.38. The fourth-order valence-corrected chi connectivity index (χ4v) is 1.40. The molecule has 0 spiro atoms. The first-order valence-electron chi connectivity index (χ1n) is 4.54. The van der Waals surface area contributed by atoms with E-state index in [1.807, 2.05) is 6.20 Å². The summed E-state index contributed by atoms with van der Waals surface area (Å²) in [4.78, 5) is 8.51. The second kappa shape index (κ2) is 4.05. The highest BCUT2D eigenvalue weighted by atomic mass is 35.5. The van der Waals surface area contributed by atoms with Gasteiger partial charge in [0.2, 0.25) is 0 Å². The van der Waals surface area contributed by atoms with Crippen LogP contribution in [0.15, 0.2) is 6.20 Å². The van der Waals surface area contributed by atoms with Crippen LogP contribution in [0.3, 0.4) is 0 Å². The maximum Gasteiger partial charge on any atom is 0.136 e. The minimum atomic E-state index is 0.332. The van der Waals surface area contributed by atoms with E-state index in [0.29, 0.717) is 17.0 Å². The molecule has 0 saturated heterocycles. The molecule has 0 aliphatic carbocycles. The summed E-state index contributed by atoms with van der Waals surface area (Å²) < 4.78 is 0. The van der Waals surface area contributed by atoms with E-state index in [2.05, 4.69) is 37.7 Å².